The fourth-order valence-electron chi connectivity index (χ4n) is 2.37. The predicted octanol–water partition coefficient (Wildman–Crippen LogP) is 3.39. The minimum Gasteiger partial charge on any atom is -0.389 e. The van der Waals surface area contributed by atoms with Gasteiger partial charge in [0, 0.05) is 18.3 Å². The van der Waals surface area contributed by atoms with Gasteiger partial charge in [-0.15, -0.1) is 0 Å². The van der Waals surface area contributed by atoms with Crippen LogP contribution in [0.5, 0.6) is 0 Å². The molecule has 2 heterocycles. The Labute approximate surface area is 154 Å². The van der Waals surface area contributed by atoms with Gasteiger partial charge in [-0.25, -0.2) is 0 Å². The smallest absolute Gasteiger partial charge is 0.252 e. The fraction of sp³-hybridized carbons (Fsp3) is 0.450. The Morgan fingerprint density at radius 1 is 1.35 bits per heavy atom. The molecule has 0 atom stereocenters. The van der Waals surface area contributed by atoms with Gasteiger partial charge >= 0.3 is 0 Å². The molecule has 140 valence electrons. The van der Waals surface area contributed by atoms with E-state index in [1.807, 2.05) is 19.1 Å². The second kappa shape index (κ2) is 8.76. The Morgan fingerprint density at radius 2 is 2.12 bits per heavy atom. The number of unbranched alkanes of at least 4 members (excludes halogenated alkanes) is 1. The van der Waals surface area contributed by atoms with Crippen LogP contribution in [0.15, 0.2) is 22.9 Å². The molecule has 0 aliphatic rings. The molecule has 2 aromatic heterocycles. The topological polar surface area (TPSA) is 88.2 Å². The van der Waals surface area contributed by atoms with Crippen molar-refractivity contribution < 1.29 is 14.4 Å². The standard InChI is InChI=1S/C20H27N3O3/c1-5-6-7-18-17(14(2)26-23-18)11-10-16-9-8-15(12-21-16)19(24)22-13-20(3,4)25/h8-12,25H,5-7,13H2,1-4H3,(H,22,24). The molecule has 2 N–H and O–H groups in total. The van der Waals surface area contributed by atoms with Gasteiger partial charge in [0.05, 0.1) is 22.6 Å². The van der Waals surface area contributed by atoms with Crippen LogP contribution in [0.2, 0.25) is 0 Å². The van der Waals surface area contributed by atoms with Crippen LogP contribution in [-0.4, -0.2) is 33.3 Å². The van der Waals surface area contributed by atoms with Crippen molar-refractivity contribution in [2.45, 2.75) is 52.6 Å². The van der Waals surface area contributed by atoms with E-state index < -0.39 is 5.60 Å². The van der Waals surface area contributed by atoms with Crippen LogP contribution in [0.1, 0.15) is 66.7 Å². The number of aryl methyl sites for hydroxylation is 2. The lowest BCUT2D eigenvalue weighted by atomic mass is 10.1. The molecule has 0 bridgehead atoms. The first-order valence-corrected chi connectivity index (χ1v) is 8.90. The summed E-state index contributed by atoms with van der Waals surface area (Å²) in [6.45, 7) is 7.50. The Hall–Kier alpha value is -2.47. The molecule has 0 radical (unpaired) electrons. The minimum atomic E-state index is -0.947. The minimum absolute atomic E-state index is 0.181. The van der Waals surface area contributed by atoms with Crippen molar-refractivity contribution in [3.63, 3.8) is 0 Å². The van der Waals surface area contributed by atoms with E-state index >= 15 is 0 Å². The van der Waals surface area contributed by atoms with E-state index in [2.05, 4.69) is 22.4 Å². The Kier molecular flexibility index (Phi) is 6.69. The van der Waals surface area contributed by atoms with Crippen molar-refractivity contribution in [3.8, 4) is 0 Å². The molecule has 26 heavy (non-hydrogen) atoms. The molecule has 6 nitrogen and oxygen atoms in total. The third-order valence-electron chi connectivity index (χ3n) is 3.90. The average Bonchev–Trinajstić information content (AvgIpc) is 2.95. The van der Waals surface area contributed by atoms with Crippen LogP contribution in [0.25, 0.3) is 12.2 Å². The van der Waals surface area contributed by atoms with E-state index in [1.54, 1.807) is 26.0 Å². The molecule has 0 aliphatic carbocycles. The zero-order chi connectivity index (χ0) is 19.2. The van der Waals surface area contributed by atoms with Crippen LogP contribution >= 0.6 is 0 Å². The van der Waals surface area contributed by atoms with Crippen LogP contribution in [-0.2, 0) is 6.42 Å². The summed E-state index contributed by atoms with van der Waals surface area (Å²) in [5.74, 6) is 0.529. The van der Waals surface area contributed by atoms with Crippen molar-refractivity contribution >= 4 is 18.1 Å². The van der Waals surface area contributed by atoms with Gasteiger partial charge in [0.2, 0.25) is 0 Å². The highest BCUT2D eigenvalue weighted by Gasteiger charge is 2.15. The lowest BCUT2D eigenvalue weighted by Gasteiger charge is -2.17. The Bertz CT molecular complexity index is 756. The molecule has 2 rings (SSSR count). The monoisotopic (exact) mass is 357 g/mol. The molecule has 0 spiro atoms. The summed E-state index contributed by atoms with van der Waals surface area (Å²) in [5, 5.41) is 16.5. The Morgan fingerprint density at radius 3 is 2.73 bits per heavy atom. The second-order valence-corrected chi connectivity index (χ2v) is 7.00. The van der Waals surface area contributed by atoms with Gasteiger partial charge in [-0.1, -0.05) is 18.5 Å². The number of carbonyl (C=O) groups excluding carboxylic acids is 1. The molecule has 0 saturated heterocycles. The van der Waals surface area contributed by atoms with Crippen molar-refractivity contribution in [3.05, 3.63) is 46.6 Å². The van der Waals surface area contributed by atoms with E-state index in [0.717, 1.165) is 42.0 Å². The van der Waals surface area contributed by atoms with Gasteiger partial charge in [0.15, 0.2) is 0 Å². The van der Waals surface area contributed by atoms with Crippen LogP contribution in [0, 0.1) is 6.92 Å². The van der Waals surface area contributed by atoms with E-state index in [4.69, 9.17) is 4.52 Å². The highest BCUT2D eigenvalue weighted by atomic mass is 16.5. The molecule has 0 unspecified atom stereocenters. The number of pyridine rings is 1. The lowest BCUT2D eigenvalue weighted by Crippen LogP contribution is -2.38. The first-order valence-electron chi connectivity index (χ1n) is 8.90. The summed E-state index contributed by atoms with van der Waals surface area (Å²) in [7, 11) is 0. The largest absolute Gasteiger partial charge is 0.389 e. The summed E-state index contributed by atoms with van der Waals surface area (Å²) in [5.41, 5.74) is 2.20. The van der Waals surface area contributed by atoms with Crippen molar-refractivity contribution in [2.75, 3.05) is 6.54 Å². The molecular weight excluding hydrogens is 330 g/mol. The molecular formula is C20H27N3O3. The molecule has 6 heteroatoms. The average molecular weight is 357 g/mol. The SMILES string of the molecule is CCCCc1noc(C)c1C=Cc1ccc(C(=O)NCC(C)(C)O)cn1. The molecule has 0 saturated carbocycles. The number of hydrogen-bond acceptors (Lipinski definition) is 5. The maximum Gasteiger partial charge on any atom is 0.252 e. The molecule has 1 amide bonds. The number of carbonyl (C=O) groups is 1. The quantitative estimate of drug-likeness (QED) is 0.756. The van der Waals surface area contributed by atoms with Crippen LogP contribution in [0.4, 0.5) is 0 Å². The third-order valence-corrected chi connectivity index (χ3v) is 3.90. The van der Waals surface area contributed by atoms with Crippen molar-refractivity contribution in [2.24, 2.45) is 0 Å². The summed E-state index contributed by atoms with van der Waals surface area (Å²) in [6, 6.07) is 3.49. The summed E-state index contributed by atoms with van der Waals surface area (Å²) in [4.78, 5) is 16.3. The lowest BCUT2D eigenvalue weighted by molar-refractivity contribution is 0.0694. The summed E-state index contributed by atoms with van der Waals surface area (Å²) in [6.07, 6.45) is 8.42. The summed E-state index contributed by atoms with van der Waals surface area (Å²) >= 11 is 0. The highest BCUT2D eigenvalue weighted by Crippen LogP contribution is 2.18. The third kappa shape index (κ3) is 5.81. The number of amides is 1. The predicted molar refractivity (Wildman–Crippen MR) is 102 cm³/mol. The first kappa shape index (κ1) is 19.8. The van der Waals surface area contributed by atoms with Gasteiger partial charge in [-0.05, 0) is 57.9 Å². The number of rotatable bonds is 8. The van der Waals surface area contributed by atoms with Crippen LogP contribution in [0.3, 0.4) is 0 Å². The van der Waals surface area contributed by atoms with Gasteiger partial charge in [0.1, 0.15) is 5.76 Å². The molecule has 2 aromatic rings. The summed E-state index contributed by atoms with van der Waals surface area (Å²) < 4.78 is 5.29. The number of aliphatic hydroxyl groups is 1. The van der Waals surface area contributed by atoms with E-state index in [9.17, 15) is 9.90 Å². The highest BCUT2D eigenvalue weighted by molar-refractivity contribution is 5.94. The molecule has 0 aromatic carbocycles. The van der Waals surface area contributed by atoms with E-state index in [1.165, 1.54) is 6.20 Å². The first-order chi connectivity index (χ1) is 12.3. The van der Waals surface area contributed by atoms with Crippen molar-refractivity contribution in [1.82, 2.24) is 15.5 Å². The van der Waals surface area contributed by atoms with E-state index in [0.29, 0.717) is 5.56 Å². The number of nitrogens with zero attached hydrogens (tertiary/aromatic N) is 2. The van der Waals surface area contributed by atoms with Crippen molar-refractivity contribution in [1.29, 1.82) is 0 Å². The van der Waals surface area contributed by atoms with Crippen LogP contribution < -0.4 is 5.32 Å². The molecule has 0 aliphatic heterocycles. The fourth-order valence-corrected chi connectivity index (χ4v) is 2.37. The maximum absolute atomic E-state index is 12.0. The second-order valence-electron chi connectivity index (χ2n) is 7.00. The zero-order valence-corrected chi connectivity index (χ0v) is 15.9. The number of nitrogens with one attached hydrogen (secondary N) is 1. The van der Waals surface area contributed by atoms with Gasteiger partial charge in [0.25, 0.3) is 5.91 Å². The normalized spacial score (nSPS) is 11.9. The van der Waals surface area contributed by atoms with Gasteiger partial charge < -0.3 is 14.9 Å². The van der Waals surface area contributed by atoms with Gasteiger partial charge in [-0.3, -0.25) is 9.78 Å². The Balaban J connectivity index is 2.04. The number of hydrogen-bond donors (Lipinski definition) is 2. The number of aromatic nitrogens is 2. The molecule has 0 fully saturated rings. The maximum atomic E-state index is 12.0. The van der Waals surface area contributed by atoms with E-state index in [-0.39, 0.29) is 12.5 Å². The van der Waals surface area contributed by atoms with Gasteiger partial charge in [-0.2, -0.15) is 0 Å². The zero-order valence-electron chi connectivity index (χ0n) is 15.9.